The summed E-state index contributed by atoms with van der Waals surface area (Å²) >= 11 is 0. The highest BCUT2D eigenvalue weighted by Crippen LogP contribution is 2.15. The van der Waals surface area contributed by atoms with Gasteiger partial charge in [-0.05, 0) is 44.0 Å². The number of amides is 1. The van der Waals surface area contributed by atoms with Crippen molar-refractivity contribution in [2.75, 3.05) is 50.0 Å². The second kappa shape index (κ2) is 8.92. The van der Waals surface area contributed by atoms with Gasteiger partial charge in [0.05, 0.1) is 13.2 Å². The molecule has 0 bridgehead atoms. The third-order valence-electron chi connectivity index (χ3n) is 4.67. The summed E-state index contributed by atoms with van der Waals surface area (Å²) in [6.07, 6.45) is 0. The average molecular weight is 369 g/mol. The quantitative estimate of drug-likeness (QED) is 0.814. The molecule has 1 aliphatic rings. The fourth-order valence-electron chi connectivity index (χ4n) is 2.96. The smallest absolute Gasteiger partial charge is 0.274 e. The van der Waals surface area contributed by atoms with Gasteiger partial charge in [-0.2, -0.15) is 0 Å². The monoisotopic (exact) mass is 369 g/mol. The molecule has 1 saturated heterocycles. The Balaban J connectivity index is 1.61. The molecule has 7 heteroatoms. The van der Waals surface area contributed by atoms with Gasteiger partial charge in [0.25, 0.3) is 5.91 Å². The Hall–Kier alpha value is -2.51. The number of hydrogen-bond donors (Lipinski definition) is 2. The molecule has 0 radical (unpaired) electrons. The van der Waals surface area contributed by atoms with Crippen molar-refractivity contribution in [3.05, 3.63) is 46.9 Å². The van der Waals surface area contributed by atoms with Crippen LogP contribution in [0.4, 0.5) is 11.5 Å². The molecule has 7 nitrogen and oxygen atoms in total. The number of benzene rings is 1. The number of hydrogen-bond acceptors (Lipinski definition) is 6. The number of rotatable bonds is 6. The molecule has 1 aromatic carbocycles. The maximum absolute atomic E-state index is 12.6. The van der Waals surface area contributed by atoms with Gasteiger partial charge in [0.2, 0.25) is 0 Å². The number of nitrogens with one attached hydrogen (secondary N) is 2. The van der Waals surface area contributed by atoms with Crippen LogP contribution in [0, 0.1) is 20.8 Å². The van der Waals surface area contributed by atoms with E-state index in [9.17, 15) is 4.79 Å². The first-order valence-electron chi connectivity index (χ1n) is 9.29. The van der Waals surface area contributed by atoms with Crippen molar-refractivity contribution >= 4 is 17.4 Å². The number of morpholine rings is 1. The standard InChI is InChI=1S/C20H27N5O2/c1-14-4-5-17(12-15(14)2)24-20(26)18-13-19(23-16(3)22-18)21-6-7-25-8-10-27-11-9-25/h4-5,12-13H,6-11H2,1-3H3,(H,24,26)(H,21,22,23). The predicted molar refractivity (Wildman–Crippen MR) is 106 cm³/mol. The van der Waals surface area contributed by atoms with E-state index < -0.39 is 0 Å². The van der Waals surface area contributed by atoms with Gasteiger partial charge in [0.1, 0.15) is 17.3 Å². The summed E-state index contributed by atoms with van der Waals surface area (Å²) in [7, 11) is 0. The Morgan fingerprint density at radius 2 is 1.89 bits per heavy atom. The second-order valence-electron chi connectivity index (χ2n) is 6.82. The summed E-state index contributed by atoms with van der Waals surface area (Å²) in [5.74, 6) is 0.998. The zero-order valence-electron chi connectivity index (χ0n) is 16.2. The van der Waals surface area contributed by atoms with Gasteiger partial charge < -0.3 is 15.4 Å². The van der Waals surface area contributed by atoms with Crippen LogP contribution in [0.5, 0.6) is 0 Å². The summed E-state index contributed by atoms with van der Waals surface area (Å²) < 4.78 is 5.36. The van der Waals surface area contributed by atoms with Crippen molar-refractivity contribution in [2.24, 2.45) is 0 Å². The first-order chi connectivity index (χ1) is 13.0. The highest BCUT2D eigenvalue weighted by atomic mass is 16.5. The molecular weight excluding hydrogens is 342 g/mol. The van der Waals surface area contributed by atoms with E-state index in [4.69, 9.17) is 4.74 Å². The van der Waals surface area contributed by atoms with Crippen LogP contribution in [0.1, 0.15) is 27.4 Å². The van der Waals surface area contributed by atoms with Crippen LogP contribution in [0.15, 0.2) is 24.3 Å². The number of aryl methyl sites for hydroxylation is 3. The zero-order valence-corrected chi connectivity index (χ0v) is 16.2. The van der Waals surface area contributed by atoms with Crippen LogP contribution in [0.25, 0.3) is 0 Å². The van der Waals surface area contributed by atoms with Crippen LogP contribution in [-0.2, 0) is 4.74 Å². The normalized spacial score (nSPS) is 14.8. The Kier molecular flexibility index (Phi) is 6.36. The van der Waals surface area contributed by atoms with E-state index in [1.54, 1.807) is 13.0 Å². The second-order valence-corrected chi connectivity index (χ2v) is 6.82. The Bertz CT molecular complexity index is 803. The lowest BCUT2D eigenvalue weighted by Gasteiger charge is -2.26. The van der Waals surface area contributed by atoms with E-state index in [2.05, 4.69) is 25.5 Å². The van der Waals surface area contributed by atoms with Crippen molar-refractivity contribution < 1.29 is 9.53 Å². The van der Waals surface area contributed by atoms with E-state index in [0.717, 1.165) is 50.6 Å². The minimum absolute atomic E-state index is 0.236. The number of carbonyl (C=O) groups excluding carboxylic acids is 1. The molecular formula is C20H27N5O2. The van der Waals surface area contributed by atoms with Gasteiger partial charge in [0.15, 0.2) is 0 Å². The molecule has 0 atom stereocenters. The highest BCUT2D eigenvalue weighted by Gasteiger charge is 2.13. The highest BCUT2D eigenvalue weighted by molar-refractivity contribution is 6.03. The van der Waals surface area contributed by atoms with Crippen molar-refractivity contribution in [1.29, 1.82) is 0 Å². The van der Waals surface area contributed by atoms with E-state index >= 15 is 0 Å². The molecule has 1 fully saturated rings. The van der Waals surface area contributed by atoms with E-state index in [1.165, 1.54) is 5.56 Å². The molecule has 0 spiro atoms. The third-order valence-corrected chi connectivity index (χ3v) is 4.67. The van der Waals surface area contributed by atoms with Gasteiger partial charge in [-0.3, -0.25) is 9.69 Å². The Morgan fingerprint density at radius 3 is 2.63 bits per heavy atom. The van der Waals surface area contributed by atoms with Crippen LogP contribution in [-0.4, -0.2) is 60.2 Å². The van der Waals surface area contributed by atoms with Crippen LogP contribution in [0.2, 0.25) is 0 Å². The minimum atomic E-state index is -0.236. The molecule has 2 N–H and O–H groups in total. The lowest BCUT2D eigenvalue weighted by molar-refractivity contribution is 0.0398. The van der Waals surface area contributed by atoms with Crippen molar-refractivity contribution in [3.63, 3.8) is 0 Å². The molecule has 1 amide bonds. The largest absolute Gasteiger partial charge is 0.379 e. The first-order valence-corrected chi connectivity index (χ1v) is 9.29. The lowest BCUT2D eigenvalue weighted by atomic mass is 10.1. The van der Waals surface area contributed by atoms with E-state index in [0.29, 0.717) is 17.3 Å². The van der Waals surface area contributed by atoms with Gasteiger partial charge >= 0.3 is 0 Å². The fraction of sp³-hybridized carbons (Fsp3) is 0.450. The Labute approximate surface area is 160 Å². The van der Waals surface area contributed by atoms with Crippen molar-refractivity contribution in [1.82, 2.24) is 14.9 Å². The van der Waals surface area contributed by atoms with Gasteiger partial charge in [-0.1, -0.05) is 6.07 Å². The maximum atomic E-state index is 12.6. The van der Waals surface area contributed by atoms with Gasteiger partial charge in [-0.25, -0.2) is 9.97 Å². The van der Waals surface area contributed by atoms with Gasteiger partial charge in [0, 0.05) is 37.9 Å². The van der Waals surface area contributed by atoms with Crippen molar-refractivity contribution in [3.8, 4) is 0 Å². The summed E-state index contributed by atoms with van der Waals surface area (Å²) in [4.78, 5) is 23.6. The van der Waals surface area contributed by atoms with Crippen molar-refractivity contribution in [2.45, 2.75) is 20.8 Å². The SMILES string of the molecule is Cc1nc(NCCN2CCOCC2)cc(C(=O)Nc2ccc(C)c(C)c2)n1. The number of anilines is 2. The van der Waals surface area contributed by atoms with Crippen LogP contribution in [0.3, 0.4) is 0 Å². The summed E-state index contributed by atoms with van der Waals surface area (Å²) in [6, 6.07) is 7.55. The molecule has 3 rings (SSSR count). The average Bonchev–Trinajstić information content (AvgIpc) is 2.65. The number of aromatic nitrogens is 2. The molecule has 0 saturated carbocycles. The molecule has 0 unspecified atom stereocenters. The van der Waals surface area contributed by atoms with Crippen LogP contribution < -0.4 is 10.6 Å². The predicted octanol–water partition coefficient (Wildman–Crippen LogP) is 2.40. The zero-order chi connectivity index (χ0) is 19.2. The summed E-state index contributed by atoms with van der Waals surface area (Å²) in [6.45, 7) is 11.0. The molecule has 27 heavy (non-hydrogen) atoms. The number of ether oxygens (including phenoxy) is 1. The molecule has 2 heterocycles. The molecule has 1 aliphatic heterocycles. The third kappa shape index (κ3) is 5.48. The van der Waals surface area contributed by atoms with Gasteiger partial charge in [-0.15, -0.1) is 0 Å². The Morgan fingerprint density at radius 1 is 1.11 bits per heavy atom. The molecule has 1 aromatic heterocycles. The maximum Gasteiger partial charge on any atom is 0.274 e. The molecule has 2 aromatic rings. The fourth-order valence-corrected chi connectivity index (χ4v) is 2.96. The summed E-state index contributed by atoms with van der Waals surface area (Å²) in [5, 5.41) is 6.20. The molecule has 144 valence electrons. The lowest BCUT2D eigenvalue weighted by Crippen LogP contribution is -2.39. The van der Waals surface area contributed by atoms with E-state index in [1.807, 2.05) is 32.0 Å². The summed E-state index contributed by atoms with van der Waals surface area (Å²) in [5.41, 5.74) is 3.45. The minimum Gasteiger partial charge on any atom is -0.379 e. The first kappa shape index (κ1) is 19.3. The van der Waals surface area contributed by atoms with Crippen LogP contribution >= 0.6 is 0 Å². The number of carbonyl (C=O) groups is 1. The van der Waals surface area contributed by atoms with E-state index in [-0.39, 0.29) is 5.91 Å². The molecule has 0 aliphatic carbocycles. The number of nitrogens with zero attached hydrogens (tertiary/aromatic N) is 3. The topological polar surface area (TPSA) is 79.4 Å².